The fraction of sp³-hybridized carbons (Fsp3) is 0.379. The molecule has 0 radical (unpaired) electrons. The van der Waals surface area contributed by atoms with Crippen molar-refractivity contribution in [1.29, 1.82) is 0 Å². The van der Waals surface area contributed by atoms with Crippen molar-refractivity contribution < 1.29 is 18.0 Å². The van der Waals surface area contributed by atoms with Gasteiger partial charge in [-0.2, -0.15) is 0 Å². The van der Waals surface area contributed by atoms with Crippen LogP contribution in [0.4, 0.5) is 5.69 Å². The molecule has 37 heavy (non-hydrogen) atoms. The Morgan fingerprint density at radius 3 is 2.35 bits per heavy atom. The fourth-order valence-corrected chi connectivity index (χ4v) is 5.31. The minimum atomic E-state index is -3.80. The molecule has 1 atom stereocenters. The number of carbonyl (C=O) groups is 2. The Morgan fingerprint density at radius 2 is 1.68 bits per heavy atom. The molecule has 3 aromatic rings. The average Bonchev–Trinajstić information content (AvgIpc) is 2.86. The normalized spacial score (nSPS) is 12.2. The zero-order valence-electron chi connectivity index (χ0n) is 22.1. The molecule has 3 aromatic carbocycles. The quantitative estimate of drug-likeness (QED) is 0.351. The summed E-state index contributed by atoms with van der Waals surface area (Å²) in [4.78, 5) is 28.5. The number of aryl methyl sites for hydroxylation is 1. The van der Waals surface area contributed by atoms with Gasteiger partial charge < -0.3 is 10.2 Å². The van der Waals surface area contributed by atoms with Crippen LogP contribution in [-0.4, -0.2) is 50.5 Å². The molecule has 0 aromatic heterocycles. The SMILES string of the molecule is CCCCNC(=O)[C@@H](CC)N(Cc1cccc(C)c1)C(=O)CN(c1cccc2ccccc12)S(C)(=O)=O. The van der Waals surface area contributed by atoms with Gasteiger partial charge in [0.2, 0.25) is 21.8 Å². The van der Waals surface area contributed by atoms with E-state index in [1.807, 2.05) is 75.4 Å². The number of unbranched alkanes of at least 4 members (excludes halogenated alkanes) is 1. The summed E-state index contributed by atoms with van der Waals surface area (Å²) < 4.78 is 27.1. The first kappa shape index (κ1) is 28.2. The highest BCUT2D eigenvalue weighted by molar-refractivity contribution is 7.92. The zero-order chi connectivity index (χ0) is 27.0. The van der Waals surface area contributed by atoms with Crippen LogP contribution >= 0.6 is 0 Å². The van der Waals surface area contributed by atoms with Crippen LogP contribution in [0.2, 0.25) is 0 Å². The molecule has 0 saturated carbocycles. The number of carbonyl (C=O) groups excluding carboxylic acids is 2. The van der Waals surface area contributed by atoms with Gasteiger partial charge in [0, 0.05) is 18.5 Å². The van der Waals surface area contributed by atoms with Crippen molar-refractivity contribution in [1.82, 2.24) is 10.2 Å². The zero-order valence-corrected chi connectivity index (χ0v) is 22.9. The van der Waals surface area contributed by atoms with E-state index in [-0.39, 0.29) is 12.5 Å². The van der Waals surface area contributed by atoms with E-state index < -0.39 is 28.5 Å². The van der Waals surface area contributed by atoms with E-state index in [1.54, 1.807) is 12.1 Å². The summed E-state index contributed by atoms with van der Waals surface area (Å²) in [6, 6.07) is 19.9. The average molecular weight is 524 g/mol. The van der Waals surface area contributed by atoms with E-state index in [2.05, 4.69) is 5.32 Å². The molecule has 0 spiro atoms. The molecule has 8 heteroatoms. The van der Waals surface area contributed by atoms with Gasteiger partial charge in [0.05, 0.1) is 11.9 Å². The first-order valence-corrected chi connectivity index (χ1v) is 14.6. The van der Waals surface area contributed by atoms with Gasteiger partial charge in [-0.05, 0) is 36.8 Å². The van der Waals surface area contributed by atoms with E-state index in [1.165, 1.54) is 4.90 Å². The number of amides is 2. The maximum Gasteiger partial charge on any atom is 0.244 e. The Morgan fingerprint density at radius 1 is 0.973 bits per heavy atom. The third kappa shape index (κ3) is 7.32. The molecule has 0 bridgehead atoms. The van der Waals surface area contributed by atoms with Crippen LogP contribution in [0, 0.1) is 6.92 Å². The van der Waals surface area contributed by atoms with E-state index >= 15 is 0 Å². The summed E-state index contributed by atoms with van der Waals surface area (Å²) in [5.74, 6) is -0.662. The molecule has 0 saturated heterocycles. The Labute approximate surface area is 220 Å². The van der Waals surface area contributed by atoms with Crippen molar-refractivity contribution >= 4 is 38.3 Å². The van der Waals surface area contributed by atoms with Crippen LogP contribution in [0.5, 0.6) is 0 Å². The van der Waals surface area contributed by atoms with Crippen molar-refractivity contribution in [2.24, 2.45) is 0 Å². The predicted molar refractivity (Wildman–Crippen MR) is 150 cm³/mol. The number of nitrogens with zero attached hydrogens (tertiary/aromatic N) is 2. The summed E-state index contributed by atoms with van der Waals surface area (Å²) in [7, 11) is -3.80. The maximum absolute atomic E-state index is 13.9. The molecule has 2 amide bonds. The number of benzene rings is 3. The van der Waals surface area contributed by atoms with Gasteiger partial charge in [-0.1, -0.05) is 86.5 Å². The highest BCUT2D eigenvalue weighted by atomic mass is 32.2. The van der Waals surface area contributed by atoms with Crippen LogP contribution in [0.15, 0.2) is 66.7 Å². The fourth-order valence-electron chi connectivity index (χ4n) is 4.45. The number of sulfonamides is 1. The molecule has 1 N–H and O–H groups in total. The molecule has 0 aliphatic carbocycles. The second-order valence-electron chi connectivity index (χ2n) is 9.35. The first-order chi connectivity index (χ1) is 17.7. The minimum Gasteiger partial charge on any atom is -0.354 e. The van der Waals surface area contributed by atoms with Crippen molar-refractivity contribution in [2.75, 3.05) is 23.7 Å². The van der Waals surface area contributed by atoms with Crippen LogP contribution in [0.25, 0.3) is 10.8 Å². The van der Waals surface area contributed by atoms with Gasteiger partial charge in [0.1, 0.15) is 12.6 Å². The van der Waals surface area contributed by atoms with E-state index in [4.69, 9.17) is 0 Å². The molecule has 0 aliphatic heterocycles. The molecular formula is C29H37N3O4S. The Hall–Kier alpha value is -3.39. The van der Waals surface area contributed by atoms with Crippen molar-refractivity contribution in [3.05, 3.63) is 77.9 Å². The van der Waals surface area contributed by atoms with E-state index in [0.29, 0.717) is 18.7 Å². The summed E-state index contributed by atoms with van der Waals surface area (Å²) in [6.45, 7) is 6.20. The smallest absolute Gasteiger partial charge is 0.244 e. The van der Waals surface area contributed by atoms with Crippen LogP contribution < -0.4 is 9.62 Å². The highest BCUT2D eigenvalue weighted by Crippen LogP contribution is 2.29. The van der Waals surface area contributed by atoms with Crippen LogP contribution in [0.3, 0.4) is 0 Å². The highest BCUT2D eigenvalue weighted by Gasteiger charge is 2.32. The number of rotatable bonds is 12. The number of fused-ring (bicyclic) bond motifs is 1. The number of anilines is 1. The first-order valence-electron chi connectivity index (χ1n) is 12.7. The third-order valence-corrected chi connectivity index (χ3v) is 7.49. The van der Waals surface area contributed by atoms with Crippen LogP contribution in [-0.2, 0) is 26.2 Å². The Bertz CT molecular complexity index is 1330. The lowest BCUT2D eigenvalue weighted by atomic mass is 10.1. The van der Waals surface area contributed by atoms with E-state index in [0.717, 1.165) is 45.3 Å². The Kier molecular flexibility index (Phi) is 9.69. The van der Waals surface area contributed by atoms with Gasteiger partial charge in [-0.15, -0.1) is 0 Å². The summed E-state index contributed by atoms with van der Waals surface area (Å²) in [6.07, 6.45) is 3.29. The number of hydrogen-bond donors (Lipinski definition) is 1. The van der Waals surface area contributed by atoms with Gasteiger partial charge in [-0.3, -0.25) is 13.9 Å². The van der Waals surface area contributed by atoms with Crippen molar-refractivity contribution in [3.63, 3.8) is 0 Å². The summed E-state index contributed by atoms with van der Waals surface area (Å²) >= 11 is 0. The van der Waals surface area contributed by atoms with E-state index in [9.17, 15) is 18.0 Å². The van der Waals surface area contributed by atoms with Crippen LogP contribution in [0.1, 0.15) is 44.2 Å². The molecule has 0 aliphatic rings. The lowest BCUT2D eigenvalue weighted by Crippen LogP contribution is -2.52. The van der Waals surface area contributed by atoms with Crippen molar-refractivity contribution in [2.45, 2.75) is 52.6 Å². The number of nitrogens with one attached hydrogen (secondary N) is 1. The largest absolute Gasteiger partial charge is 0.354 e. The molecule has 7 nitrogen and oxygen atoms in total. The lowest BCUT2D eigenvalue weighted by Gasteiger charge is -2.33. The predicted octanol–water partition coefficient (Wildman–Crippen LogP) is 4.64. The third-order valence-electron chi connectivity index (χ3n) is 6.37. The molecule has 0 heterocycles. The monoisotopic (exact) mass is 523 g/mol. The second-order valence-corrected chi connectivity index (χ2v) is 11.3. The molecular weight excluding hydrogens is 486 g/mol. The number of hydrogen-bond acceptors (Lipinski definition) is 4. The molecule has 3 rings (SSSR count). The van der Waals surface area contributed by atoms with Gasteiger partial charge in [0.15, 0.2) is 0 Å². The maximum atomic E-state index is 13.9. The Balaban J connectivity index is 1.99. The van der Waals surface area contributed by atoms with Gasteiger partial charge in [-0.25, -0.2) is 8.42 Å². The molecule has 198 valence electrons. The summed E-state index contributed by atoms with van der Waals surface area (Å²) in [5, 5.41) is 4.55. The lowest BCUT2D eigenvalue weighted by molar-refractivity contribution is -0.140. The summed E-state index contributed by atoms with van der Waals surface area (Å²) in [5.41, 5.74) is 2.35. The van der Waals surface area contributed by atoms with Gasteiger partial charge >= 0.3 is 0 Å². The van der Waals surface area contributed by atoms with Crippen molar-refractivity contribution in [3.8, 4) is 0 Å². The standard InChI is InChI=1S/C29H37N3O4S/c1-5-7-18-30-29(34)26(6-2)31(20-23-13-10-12-22(3)19-23)28(33)21-32(37(4,35)36)27-17-11-15-24-14-8-9-16-25(24)27/h8-17,19,26H,5-7,18,20-21H2,1-4H3,(H,30,34)/t26-/m1/s1. The second kappa shape index (κ2) is 12.7. The molecule has 0 unspecified atom stereocenters. The van der Waals surface area contributed by atoms with Gasteiger partial charge in [0.25, 0.3) is 0 Å². The molecule has 0 fully saturated rings. The minimum absolute atomic E-state index is 0.202. The topological polar surface area (TPSA) is 86.8 Å².